The first kappa shape index (κ1) is 14.9. The van der Waals surface area contributed by atoms with E-state index in [0.29, 0.717) is 22.1 Å². The average molecular weight is 340 g/mol. The van der Waals surface area contributed by atoms with Crippen molar-refractivity contribution in [3.63, 3.8) is 0 Å². The monoisotopic (exact) mass is 340 g/mol. The molecule has 0 atom stereocenters. The number of hydrogen-bond acceptors (Lipinski definition) is 4. The van der Waals surface area contributed by atoms with Crippen molar-refractivity contribution in [1.82, 2.24) is 19.2 Å². The summed E-state index contributed by atoms with van der Waals surface area (Å²) in [6, 6.07) is 13.9. The minimum absolute atomic E-state index is 0.104. The molecule has 120 valence electrons. The van der Waals surface area contributed by atoms with Crippen molar-refractivity contribution in [2.75, 3.05) is 0 Å². The molecule has 0 saturated heterocycles. The first-order chi connectivity index (χ1) is 11.6. The van der Waals surface area contributed by atoms with E-state index in [4.69, 9.17) is 0 Å². The van der Waals surface area contributed by atoms with E-state index in [2.05, 4.69) is 10.2 Å². The molecule has 2 aromatic heterocycles. The number of aromatic nitrogens is 4. The fourth-order valence-electron chi connectivity index (χ4n) is 2.68. The lowest BCUT2D eigenvalue weighted by Gasteiger charge is -2.07. The number of benzene rings is 2. The lowest BCUT2D eigenvalue weighted by Crippen LogP contribution is -2.20. The van der Waals surface area contributed by atoms with Crippen molar-refractivity contribution in [2.24, 2.45) is 7.05 Å². The van der Waals surface area contributed by atoms with Gasteiger partial charge >= 0.3 is 0 Å². The molecule has 4 rings (SSSR count). The summed E-state index contributed by atoms with van der Waals surface area (Å²) in [7, 11) is 1.68. The van der Waals surface area contributed by atoms with Crippen LogP contribution in [0.1, 0.15) is 5.56 Å². The van der Waals surface area contributed by atoms with Gasteiger partial charge in [-0.25, -0.2) is 4.39 Å². The van der Waals surface area contributed by atoms with E-state index in [1.165, 1.54) is 28.5 Å². The molecular formula is C17H13FN4OS. The largest absolute Gasteiger partial charge is 0.279 e. The van der Waals surface area contributed by atoms with Gasteiger partial charge in [-0.05, 0) is 29.8 Å². The summed E-state index contributed by atoms with van der Waals surface area (Å²) in [4.78, 5) is 12.4. The van der Waals surface area contributed by atoms with Gasteiger partial charge in [-0.15, -0.1) is 10.2 Å². The fraction of sp³-hybridized carbons (Fsp3) is 0.118. The van der Waals surface area contributed by atoms with Gasteiger partial charge < -0.3 is 0 Å². The molecule has 0 aliphatic carbocycles. The van der Waals surface area contributed by atoms with E-state index >= 15 is 0 Å². The number of halogens is 1. The maximum atomic E-state index is 13.3. The molecule has 2 heterocycles. The van der Waals surface area contributed by atoms with Crippen LogP contribution in [-0.2, 0) is 12.8 Å². The third-order valence-electron chi connectivity index (χ3n) is 3.85. The van der Waals surface area contributed by atoms with Gasteiger partial charge in [0.15, 0.2) is 5.16 Å². The molecule has 0 saturated carbocycles. The lowest BCUT2D eigenvalue weighted by molar-refractivity contribution is 0.626. The van der Waals surface area contributed by atoms with Crippen LogP contribution < -0.4 is 5.56 Å². The van der Waals surface area contributed by atoms with Crippen LogP contribution in [-0.4, -0.2) is 19.2 Å². The molecule has 4 aromatic rings. The molecule has 0 unspecified atom stereocenters. The summed E-state index contributed by atoms with van der Waals surface area (Å²) in [5.41, 5.74) is 1.53. The van der Waals surface area contributed by atoms with Crippen molar-refractivity contribution in [3.05, 3.63) is 70.3 Å². The van der Waals surface area contributed by atoms with Gasteiger partial charge in [0.25, 0.3) is 5.56 Å². The van der Waals surface area contributed by atoms with Gasteiger partial charge in [-0.2, -0.15) is 0 Å². The van der Waals surface area contributed by atoms with E-state index in [1.54, 1.807) is 19.2 Å². The van der Waals surface area contributed by atoms with Crippen molar-refractivity contribution < 1.29 is 4.39 Å². The van der Waals surface area contributed by atoms with E-state index < -0.39 is 0 Å². The first-order valence-corrected chi connectivity index (χ1v) is 8.34. The van der Waals surface area contributed by atoms with Crippen LogP contribution in [0.3, 0.4) is 0 Å². The van der Waals surface area contributed by atoms with Gasteiger partial charge in [0.1, 0.15) is 5.82 Å². The Morgan fingerprint density at radius 1 is 1.12 bits per heavy atom. The maximum absolute atomic E-state index is 13.3. The zero-order valence-electron chi connectivity index (χ0n) is 12.8. The lowest BCUT2D eigenvalue weighted by atomic mass is 10.2. The van der Waals surface area contributed by atoms with E-state index in [-0.39, 0.29) is 11.4 Å². The van der Waals surface area contributed by atoms with Gasteiger partial charge in [0, 0.05) is 12.8 Å². The first-order valence-electron chi connectivity index (χ1n) is 7.35. The topological polar surface area (TPSA) is 52.2 Å². The SMILES string of the molecule is Cn1c(=O)c2ccccc2n2c(SCc3cccc(F)c3)nnc12. The third kappa shape index (κ3) is 2.37. The highest BCUT2D eigenvalue weighted by atomic mass is 32.2. The van der Waals surface area contributed by atoms with Crippen LogP contribution in [0.5, 0.6) is 0 Å². The summed E-state index contributed by atoms with van der Waals surface area (Å²) < 4.78 is 16.7. The zero-order valence-corrected chi connectivity index (χ0v) is 13.6. The van der Waals surface area contributed by atoms with Gasteiger partial charge in [0.05, 0.1) is 10.9 Å². The van der Waals surface area contributed by atoms with Crippen LogP contribution in [0.2, 0.25) is 0 Å². The highest BCUT2D eigenvalue weighted by Crippen LogP contribution is 2.24. The summed E-state index contributed by atoms with van der Waals surface area (Å²) in [6.07, 6.45) is 0. The number of thioether (sulfide) groups is 1. The highest BCUT2D eigenvalue weighted by Gasteiger charge is 2.14. The molecule has 7 heteroatoms. The third-order valence-corrected chi connectivity index (χ3v) is 4.85. The highest BCUT2D eigenvalue weighted by molar-refractivity contribution is 7.98. The second kappa shape index (κ2) is 5.76. The average Bonchev–Trinajstić information content (AvgIpc) is 3.02. The van der Waals surface area contributed by atoms with Crippen LogP contribution in [0.4, 0.5) is 4.39 Å². The Morgan fingerprint density at radius 2 is 1.96 bits per heavy atom. The summed E-state index contributed by atoms with van der Waals surface area (Å²) in [5.74, 6) is 0.794. The summed E-state index contributed by atoms with van der Waals surface area (Å²) in [6.45, 7) is 0. The molecule has 0 spiro atoms. The Kier molecular flexibility index (Phi) is 3.57. The van der Waals surface area contributed by atoms with Crippen LogP contribution in [0.15, 0.2) is 58.5 Å². The number of fused-ring (bicyclic) bond motifs is 3. The predicted molar refractivity (Wildman–Crippen MR) is 91.7 cm³/mol. The Hall–Kier alpha value is -2.67. The smallest absolute Gasteiger partial charge is 0.262 e. The number of nitrogens with zero attached hydrogens (tertiary/aromatic N) is 4. The summed E-state index contributed by atoms with van der Waals surface area (Å²) in [5, 5.41) is 9.63. The molecule has 0 radical (unpaired) electrons. The molecule has 2 aromatic carbocycles. The second-order valence-corrected chi connectivity index (χ2v) is 6.36. The molecule has 0 amide bonds. The fourth-order valence-corrected chi connectivity index (χ4v) is 3.56. The minimum Gasteiger partial charge on any atom is -0.279 e. The van der Waals surface area contributed by atoms with Crippen LogP contribution in [0.25, 0.3) is 16.7 Å². The predicted octanol–water partition coefficient (Wildman–Crippen LogP) is 3.01. The minimum atomic E-state index is -0.257. The zero-order chi connectivity index (χ0) is 16.7. The molecule has 24 heavy (non-hydrogen) atoms. The molecule has 0 bridgehead atoms. The van der Waals surface area contributed by atoms with E-state index in [0.717, 1.165) is 11.1 Å². The van der Waals surface area contributed by atoms with Crippen LogP contribution >= 0.6 is 11.8 Å². The molecule has 0 fully saturated rings. The number of rotatable bonds is 3. The quantitative estimate of drug-likeness (QED) is 0.538. The van der Waals surface area contributed by atoms with E-state index in [1.807, 2.05) is 28.7 Å². The van der Waals surface area contributed by atoms with Gasteiger partial charge in [-0.3, -0.25) is 13.8 Å². The van der Waals surface area contributed by atoms with Crippen molar-refractivity contribution in [1.29, 1.82) is 0 Å². The Morgan fingerprint density at radius 3 is 2.79 bits per heavy atom. The molecule has 0 aliphatic heterocycles. The van der Waals surface area contributed by atoms with E-state index in [9.17, 15) is 9.18 Å². The van der Waals surface area contributed by atoms with Crippen molar-refractivity contribution in [2.45, 2.75) is 10.9 Å². The molecule has 5 nitrogen and oxygen atoms in total. The normalized spacial score (nSPS) is 11.4. The number of hydrogen-bond donors (Lipinski definition) is 0. The van der Waals surface area contributed by atoms with Crippen molar-refractivity contribution in [3.8, 4) is 0 Å². The maximum Gasteiger partial charge on any atom is 0.262 e. The van der Waals surface area contributed by atoms with Crippen LogP contribution in [0, 0.1) is 5.82 Å². The number of para-hydroxylation sites is 1. The molecule has 0 N–H and O–H groups in total. The van der Waals surface area contributed by atoms with Gasteiger partial charge in [-0.1, -0.05) is 36.0 Å². The number of aryl methyl sites for hydroxylation is 1. The Balaban J connectivity index is 1.83. The Labute approximate surface area is 140 Å². The summed E-state index contributed by atoms with van der Waals surface area (Å²) >= 11 is 1.46. The van der Waals surface area contributed by atoms with Crippen molar-refractivity contribution >= 4 is 28.4 Å². The molecular weight excluding hydrogens is 327 g/mol. The second-order valence-electron chi connectivity index (χ2n) is 5.42. The van der Waals surface area contributed by atoms with Gasteiger partial charge in [0.2, 0.25) is 5.78 Å². The molecule has 0 aliphatic rings. The standard InChI is InChI=1S/C17H13FN4OS/c1-21-15(23)13-7-2-3-8-14(13)22-16(21)19-20-17(22)24-10-11-5-4-6-12(18)9-11/h2-9H,10H2,1H3. The Bertz CT molecular complexity index is 1120.